The lowest BCUT2D eigenvalue weighted by atomic mass is 9.64. The second-order valence-electron chi connectivity index (χ2n) is 10.7. The molecule has 0 amide bonds. The fourth-order valence-corrected chi connectivity index (χ4v) is 7.19. The minimum atomic E-state index is -1.55. The van der Waals surface area contributed by atoms with Crippen LogP contribution in [0, 0.1) is 12.3 Å². The SMILES string of the molecule is Cc1ccc(C(=O)[C@H]2[C@H](c3ccc(Cl)cc3)C3(C(=O)c4ccccc4C3=O)C3C=Cc4cc(Cl)ccc4N32)cc1. The Morgan fingerprint density at radius 2 is 1.43 bits per heavy atom. The number of aryl methyl sites for hydroxylation is 1. The number of nitrogens with zero attached hydrogens (tertiary/aromatic N) is 1. The van der Waals surface area contributed by atoms with Gasteiger partial charge < -0.3 is 4.90 Å². The van der Waals surface area contributed by atoms with Crippen LogP contribution in [0.4, 0.5) is 5.69 Å². The summed E-state index contributed by atoms with van der Waals surface area (Å²) in [5.41, 5.74) is 3.09. The molecule has 1 unspecified atom stereocenters. The average molecular weight is 564 g/mol. The first-order chi connectivity index (χ1) is 19.3. The summed E-state index contributed by atoms with van der Waals surface area (Å²) in [7, 11) is 0. The molecule has 2 aliphatic heterocycles. The molecule has 4 aromatic carbocycles. The van der Waals surface area contributed by atoms with Crippen LogP contribution in [-0.2, 0) is 0 Å². The number of benzene rings is 4. The van der Waals surface area contributed by atoms with E-state index < -0.39 is 23.4 Å². The van der Waals surface area contributed by atoms with Gasteiger partial charge in [0.05, 0.1) is 6.04 Å². The van der Waals surface area contributed by atoms with Gasteiger partial charge in [-0.3, -0.25) is 14.4 Å². The number of carbonyl (C=O) groups excluding carboxylic acids is 3. The lowest BCUT2D eigenvalue weighted by Gasteiger charge is -2.37. The topological polar surface area (TPSA) is 54.5 Å². The van der Waals surface area contributed by atoms with Crippen LogP contribution in [-0.4, -0.2) is 29.4 Å². The normalized spacial score (nSPS) is 21.9. The van der Waals surface area contributed by atoms with E-state index in [1.54, 1.807) is 42.5 Å². The van der Waals surface area contributed by atoms with Crippen LogP contribution >= 0.6 is 23.2 Å². The molecule has 4 nitrogen and oxygen atoms in total. The number of Topliss-reactive ketones (excluding diaryl/α,β-unsaturated/α-hetero) is 3. The number of hydrogen-bond donors (Lipinski definition) is 0. The molecule has 0 saturated carbocycles. The number of hydrogen-bond acceptors (Lipinski definition) is 4. The number of fused-ring (bicyclic) bond motifs is 5. The summed E-state index contributed by atoms with van der Waals surface area (Å²) in [5, 5.41) is 1.09. The van der Waals surface area contributed by atoms with Gasteiger partial charge in [0.15, 0.2) is 17.3 Å². The molecular weight excluding hydrogens is 541 g/mol. The highest BCUT2D eigenvalue weighted by Crippen LogP contribution is 2.61. The molecule has 0 bridgehead atoms. The highest BCUT2D eigenvalue weighted by atomic mass is 35.5. The first-order valence-corrected chi connectivity index (χ1v) is 13.9. The standard InChI is InChI=1S/C34H23Cl2NO3/c1-19-6-8-21(9-7-19)31(38)30-29(20-10-13-23(35)14-11-20)34(32(39)25-4-2-3-5-26(25)33(34)40)28-17-12-22-18-24(36)15-16-27(22)37(28)30/h2-18,28-30H,1H3/t28?,29-,30+/m0/s1. The van der Waals surface area contributed by atoms with Crippen LogP contribution in [0.3, 0.4) is 0 Å². The van der Waals surface area contributed by atoms with E-state index in [9.17, 15) is 14.4 Å². The van der Waals surface area contributed by atoms with E-state index in [2.05, 4.69) is 0 Å². The van der Waals surface area contributed by atoms with E-state index in [0.29, 0.717) is 32.3 Å². The molecule has 3 atom stereocenters. The monoisotopic (exact) mass is 563 g/mol. The molecule has 1 aliphatic carbocycles. The smallest absolute Gasteiger partial charge is 0.185 e. The van der Waals surface area contributed by atoms with Gasteiger partial charge in [-0.15, -0.1) is 0 Å². The quantitative estimate of drug-likeness (QED) is 0.190. The molecule has 2 heterocycles. The Morgan fingerprint density at radius 1 is 0.800 bits per heavy atom. The molecule has 4 aromatic rings. The Labute approximate surface area is 241 Å². The maximum atomic E-state index is 14.6. The Hall–Kier alpha value is -3.99. The molecule has 0 radical (unpaired) electrons. The Balaban J connectivity index is 1.54. The highest BCUT2D eigenvalue weighted by Gasteiger charge is 2.71. The summed E-state index contributed by atoms with van der Waals surface area (Å²) in [4.78, 5) is 45.8. The summed E-state index contributed by atoms with van der Waals surface area (Å²) in [6.07, 6.45) is 3.80. The van der Waals surface area contributed by atoms with E-state index in [-0.39, 0.29) is 17.3 Å². The molecule has 3 aliphatic rings. The molecule has 1 saturated heterocycles. The third-order valence-electron chi connectivity index (χ3n) is 8.60. The molecule has 1 fully saturated rings. The van der Waals surface area contributed by atoms with Gasteiger partial charge in [-0.1, -0.05) is 102 Å². The summed E-state index contributed by atoms with van der Waals surface area (Å²) in [6.45, 7) is 1.97. The Kier molecular flexibility index (Phi) is 5.64. The van der Waals surface area contributed by atoms with Gasteiger partial charge in [-0.05, 0) is 48.4 Å². The minimum absolute atomic E-state index is 0.158. The second kappa shape index (κ2) is 9.02. The van der Waals surface area contributed by atoms with E-state index in [1.165, 1.54) is 0 Å². The highest BCUT2D eigenvalue weighted by molar-refractivity contribution is 6.33. The van der Waals surface area contributed by atoms with Gasteiger partial charge >= 0.3 is 0 Å². The Bertz CT molecular complexity index is 1720. The van der Waals surface area contributed by atoms with Crippen molar-refractivity contribution in [2.24, 2.45) is 5.41 Å². The maximum absolute atomic E-state index is 14.6. The number of anilines is 1. The average Bonchev–Trinajstić information content (AvgIpc) is 3.39. The van der Waals surface area contributed by atoms with E-state index in [1.807, 2.05) is 72.5 Å². The van der Waals surface area contributed by atoms with Gasteiger partial charge in [0, 0.05) is 38.3 Å². The molecule has 40 heavy (non-hydrogen) atoms. The minimum Gasteiger partial charge on any atom is -0.352 e. The van der Waals surface area contributed by atoms with Crippen molar-refractivity contribution in [1.29, 1.82) is 0 Å². The lowest BCUT2D eigenvalue weighted by molar-refractivity contribution is 0.0666. The second-order valence-corrected chi connectivity index (χ2v) is 11.6. The first kappa shape index (κ1) is 25.0. The molecule has 196 valence electrons. The van der Waals surface area contributed by atoms with Crippen LogP contribution < -0.4 is 4.90 Å². The number of rotatable bonds is 3. The van der Waals surface area contributed by atoms with Gasteiger partial charge in [-0.25, -0.2) is 0 Å². The molecular formula is C34H23Cl2NO3. The maximum Gasteiger partial charge on any atom is 0.185 e. The fraction of sp³-hybridized carbons (Fsp3) is 0.147. The van der Waals surface area contributed by atoms with Gasteiger partial charge in [0.1, 0.15) is 11.5 Å². The van der Waals surface area contributed by atoms with E-state index >= 15 is 0 Å². The molecule has 7 rings (SSSR count). The zero-order chi connectivity index (χ0) is 27.8. The van der Waals surface area contributed by atoms with Crippen molar-refractivity contribution in [3.05, 3.63) is 140 Å². The van der Waals surface area contributed by atoms with Crippen molar-refractivity contribution in [1.82, 2.24) is 0 Å². The Morgan fingerprint density at radius 3 is 2.08 bits per heavy atom. The van der Waals surface area contributed by atoms with Gasteiger partial charge in [-0.2, -0.15) is 0 Å². The molecule has 0 aromatic heterocycles. The van der Waals surface area contributed by atoms with Crippen LogP contribution in [0.15, 0.2) is 97.1 Å². The van der Waals surface area contributed by atoms with Crippen molar-refractivity contribution in [3.8, 4) is 0 Å². The molecule has 1 spiro atoms. The predicted molar refractivity (Wildman–Crippen MR) is 158 cm³/mol. The van der Waals surface area contributed by atoms with E-state index in [4.69, 9.17) is 23.2 Å². The molecule has 0 N–H and O–H groups in total. The summed E-state index contributed by atoms with van der Waals surface area (Å²) in [5.74, 6) is -1.45. The number of carbonyl (C=O) groups is 3. The largest absolute Gasteiger partial charge is 0.352 e. The zero-order valence-electron chi connectivity index (χ0n) is 21.5. The predicted octanol–water partition coefficient (Wildman–Crippen LogP) is 7.62. The fourth-order valence-electron chi connectivity index (χ4n) is 6.88. The van der Waals surface area contributed by atoms with Crippen molar-refractivity contribution < 1.29 is 14.4 Å². The van der Waals surface area contributed by atoms with Crippen LogP contribution in [0.2, 0.25) is 10.0 Å². The van der Waals surface area contributed by atoms with Crippen molar-refractivity contribution in [2.75, 3.05) is 4.90 Å². The summed E-state index contributed by atoms with van der Waals surface area (Å²) >= 11 is 12.6. The van der Waals surface area contributed by atoms with Crippen LogP contribution in [0.25, 0.3) is 6.08 Å². The summed E-state index contributed by atoms with van der Waals surface area (Å²) < 4.78 is 0. The zero-order valence-corrected chi connectivity index (χ0v) is 23.0. The van der Waals surface area contributed by atoms with Crippen molar-refractivity contribution >= 4 is 52.3 Å². The number of halogens is 2. The van der Waals surface area contributed by atoms with Crippen molar-refractivity contribution in [3.63, 3.8) is 0 Å². The van der Waals surface area contributed by atoms with Crippen LogP contribution in [0.5, 0.6) is 0 Å². The van der Waals surface area contributed by atoms with Gasteiger partial charge in [0.2, 0.25) is 0 Å². The third-order valence-corrected chi connectivity index (χ3v) is 9.09. The van der Waals surface area contributed by atoms with E-state index in [0.717, 1.165) is 16.8 Å². The third kappa shape index (κ3) is 3.36. The first-order valence-electron chi connectivity index (χ1n) is 13.1. The van der Waals surface area contributed by atoms with Gasteiger partial charge in [0.25, 0.3) is 0 Å². The lowest BCUT2D eigenvalue weighted by Crippen LogP contribution is -2.48. The number of ketones is 3. The van der Waals surface area contributed by atoms with Crippen LogP contribution in [0.1, 0.15) is 53.7 Å². The summed E-state index contributed by atoms with van der Waals surface area (Å²) in [6, 6.07) is 25.5. The molecule has 6 heteroatoms. The van der Waals surface area contributed by atoms with Crippen molar-refractivity contribution in [2.45, 2.75) is 24.9 Å².